The zero-order chi connectivity index (χ0) is 12.4. The minimum Gasteiger partial charge on any atom is -0.334 e. The third kappa shape index (κ3) is 2.43. The minimum absolute atomic E-state index is 0.618. The van der Waals surface area contributed by atoms with Gasteiger partial charge in [0, 0.05) is 5.56 Å². The molecule has 18 heavy (non-hydrogen) atoms. The molecule has 0 aliphatic carbocycles. The Kier molecular flexibility index (Phi) is 3.11. The molecule has 0 atom stereocenters. The average Bonchev–Trinajstić information content (AvgIpc) is 3.01. The van der Waals surface area contributed by atoms with E-state index in [9.17, 15) is 0 Å². The first-order chi connectivity index (χ1) is 8.81. The van der Waals surface area contributed by atoms with Crippen LogP contribution in [0, 0.1) is 6.92 Å². The van der Waals surface area contributed by atoms with E-state index in [0.717, 1.165) is 31.0 Å². The van der Waals surface area contributed by atoms with Gasteiger partial charge in [-0.25, -0.2) is 0 Å². The highest BCUT2D eigenvalue weighted by molar-refractivity contribution is 5.53. The van der Waals surface area contributed by atoms with Crippen molar-refractivity contribution in [3.05, 3.63) is 35.7 Å². The summed E-state index contributed by atoms with van der Waals surface area (Å²) >= 11 is 0. The van der Waals surface area contributed by atoms with Crippen LogP contribution in [-0.4, -0.2) is 28.1 Å². The van der Waals surface area contributed by atoms with Crippen LogP contribution in [0.15, 0.2) is 28.8 Å². The van der Waals surface area contributed by atoms with Crippen LogP contribution >= 0.6 is 0 Å². The van der Waals surface area contributed by atoms with Crippen LogP contribution < -0.4 is 0 Å². The van der Waals surface area contributed by atoms with Crippen molar-refractivity contribution in [2.45, 2.75) is 26.3 Å². The summed E-state index contributed by atoms with van der Waals surface area (Å²) < 4.78 is 5.33. The van der Waals surface area contributed by atoms with E-state index >= 15 is 0 Å². The molecule has 1 fully saturated rings. The Bertz CT molecular complexity index is 529. The topological polar surface area (TPSA) is 42.2 Å². The van der Waals surface area contributed by atoms with Gasteiger partial charge in [-0.2, -0.15) is 4.98 Å². The van der Waals surface area contributed by atoms with Gasteiger partial charge in [-0.05, 0) is 45.0 Å². The summed E-state index contributed by atoms with van der Waals surface area (Å²) in [6.45, 7) is 5.16. The van der Waals surface area contributed by atoms with Crippen LogP contribution in [0.25, 0.3) is 11.5 Å². The number of hydrogen-bond acceptors (Lipinski definition) is 4. The van der Waals surface area contributed by atoms with Gasteiger partial charge in [0.2, 0.25) is 0 Å². The van der Waals surface area contributed by atoms with Crippen molar-refractivity contribution in [2.75, 3.05) is 13.1 Å². The van der Waals surface area contributed by atoms with Gasteiger partial charge in [0.1, 0.15) is 0 Å². The average molecular weight is 243 g/mol. The molecule has 4 heteroatoms. The molecule has 3 rings (SSSR count). The number of aryl methyl sites for hydroxylation is 1. The highest BCUT2D eigenvalue weighted by Crippen LogP contribution is 2.19. The maximum Gasteiger partial charge on any atom is 0.257 e. The molecule has 1 aliphatic heterocycles. The van der Waals surface area contributed by atoms with E-state index in [1.807, 2.05) is 12.1 Å². The van der Waals surface area contributed by atoms with Gasteiger partial charge in [0.25, 0.3) is 5.89 Å². The third-order valence-corrected chi connectivity index (χ3v) is 3.30. The Balaban J connectivity index is 1.76. The summed E-state index contributed by atoms with van der Waals surface area (Å²) in [6.07, 6.45) is 2.56. The Labute approximate surface area is 107 Å². The number of likely N-dealkylation sites (tertiary alicyclic amines) is 1. The molecule has 1 aromatic carbocycles. The molecule has 2 heterocycles. The molecule has 0 unspecified atom stereocenters. The molecule has 0 saturated carbocycles. The zero-order valence-electron chi connectivity index (χ0n) is 10.6. The third-order valence-electron chi connectivity index (χ3n) is 3.30. The van der Waals surface area contributed by atoms with E-state index in [1.165, 1.54) is 18.4 Å². The predicted octanol–water partition coefficient (Wildman–Crippen LogP) is 2.64. The summed E-state index contributed by atoms with van der Waals surface area (Å²) in [5, 5.41) is 4.06. The van der Waals surface area contributed by atoms with E-state index < -0.39 is 0 Å². The monoisotopic (exact) mass is 243 g/mol. The van der Waals surface area contributed by atoms with Crippen LogP contribution in [-0.2, 0) is 6.54 Å². The van der Waals surface area contributed by atoms with Crippen molar-refractivity contribution in [1.82, 2.24) is 15.0 Å². The van der Waals surface area contributed by atoms with Gasteiger partial charge in [-0.3, -0.25) is 4.90 Å². The molecule has 0 bridgehead atoms. The molecule has 1 saturated heterocycles. The first-order valence-corrected chi connectivity index (χ1v) is 6.43. The second kappa shape index (κ2) is 4.90. The molecule has 94 valence electrons. The van der Waals surface area contributed by atoms with Crippen LogP contribution in [0.3, 0.4) is 0 Å². The standard InChI is InChI=1S/C14H17N3O/c1-11-5-4-6-12(9-11)14-15-13(16-18-14)10-17-7-2-3-8-17/h4-6,9H,2-3,7-8,10H2,1H3. The molecule has 0 N–H and O–H groups in total. The van der Waals surface area contributed by atoms with Crippen molar-refractivity contribution in [3.63, 3.8) is 0 Å². The molecule has 1 aliphatic rings. The summed E-state index contributed by atoms with van der Waals surface area (Å²) in [5.41, 5.74) is 2.20. The summed E-state index contributed by atoms with van der Waals surface area (Å²) in [4.78, 5) is 6.83. The molecule has 1 aromatic heterocycles. The molecule has 0 radical (unpaired) electrons. The lowest BCUT2D eigenvalue weighted by Gasteiger charge is -2.10. The molecule has 0 amide bonds. The van der Waals surface area contributed by atoms with E-state index in [4.69, 9.17) is 4.52 Å². The van der Waals surface area contributed by atoms with Gasteiger partial charge >= 0.3 is 0 Å². The van der Waals surface area contributed by atoms with Crippen molar-refractivity contribution in [3.8, 4) is 11.5 Å². The smallest absolute Gasteiger partial charge is 0.257 e. The van der Waals surface area contributed by atoms with Crippen molar-refractivity contribution >= 4 is 0 Å². The van der Waals surface area contributed by atoms with E-state index in [1.54, 1.807) is 0 Å². The van der Waals surface area contributed by atoms with Gasteiger partial charge in [-0.1, -0.05) is 22.9 Å². The fourth-order valence-electron chi connectivity index (χ4n) is 2.35. The second-order valence-corrected chi connectivity index (χ2v) is 4.87. The minimum atomic E-state index is 0.618. The van der Waals surface area contributed by atoms with E-state index in [2.05, 4.69) is 34.1 Å². The van der Waals surface area contributed by atoms with Gasteiger partial charge < -0.3 is 4.52 Å². The fourth-order valence-corrected chi connectivity index (χ4v) is 2.35. The van der Waals surface area contributed by atoms with E-state index in [0.29, 0.717) is 5.89 Å². The highest BCUT2D eigenvalue weighted by atomic mass is 16.5. The zero-order valence-corrected chi connectivity index (χ0v) is 10.6. The Morgan fingerprint density at radius 1 is 1.28 bits per heavy atom. The maximum absolute atomic E-state index is 5.33. The van der Waals surface area contributed by atoms with Crippen LogP contribution in [0.5, 0.6) is 0 Å². The van der Waals surface area contributed by atoms with Gasteiger partial charge in [0.05, 0.1) is 6.54 Å². The van der Waals surface area contributed by atoms with Gasteiger partial charge in [-0.15, -0.1) is 0 Å². The molecular weight excluding hydrogens is 226 g/mol. The first kappa shape index (κ1) is 11.4. The molecule has 0 spiro atoms. The Hall–Kier alpha value is -1.68. The van der Waals surface area contributed by atoms with E-state index in [-0.39, 0.29) is 0 Å². The Morgan fingerprint density at radius 2 is 2.11 bits per heavy atom. The van der Waals surface area contributed by atoms with Crippen LogP contribution in [0.2, 0.25) is 0 Å². The van der Waals surface area contributed by atoms with Gasteiger partial charge in [0.15, 0.2) is 5.82 Å². The highest BCUT2D eigenvalue weighted by Gasteiger charge is 2.15. The molecular formula is C14H17N3O. The van der Waals surface area contributed by atoms with Crippen LogP contribution in [0.4, 0.5) is 0 Å². The molecule has 4 nitrogen and oxygen atoms in total. The van der Waals surface area contributed by atoms with Crippen molar-refractivity contribution < 1.29 is 4.52 Å². The second-order valence-electron chi connectivity index (χ2n) is 4.87. The SMILES string of the molecule is Cc1cccc(-c2nc(CN3CCCC3)no2)c1. The fraction of sp³-hybridized carbons (Fsp3) is 0.429. The summed E-state index contributed by atoms with van der Waals surface area (Å²) in [7, 11) is 0. The normalized spacial score (nSPS) is 16.3. The first-order valence-electron chi connectivity index (χ1n) is 6.43. The Morgan fingerprint density at radius 3 is 2.89 bits per heavy atom. The summed E-state index contributed by atoms with van der Waals surface area (Å²) in [6, 6.07) is 8.13. The number of nitrogens with zero attached hydrogens (tertiary/aromatic N) is 3. The maximum atomic E-state index is 5.33. The lowest BCUT2D eigenvalue weighted by molar-refractivity contribution is 0.312. The van der Waals surface area contributed by atoms with Crippen molar-refractivity contribution in [1.29, 1.82) is 0 Å². The largest absolute Gasteiger partial charge is 0.334 e. The quantitative estimate of drug-likeness (QED) is 0.831. The lowest BCUT2D eigenvalue weighted by atomic mass is 10.1. The lowest BCUT2D eigenvalue weighted by Crippen LogP contribution is -2.19. The van der Waals surface area contributed by atoms with Crippen molar-refractivity contribution in [2.24, 2.45) is 0 Å². The summed E-state index contributed by atoms with van der Waals surface area (Å²) in [5.74, 6) is 1.40. The predicted molar refractivity (Wildman–Crippen MR) is 69.0 cm³/mol. The number of aromatic nitrogens is 2. The molecule has 2 aromatic rings. The van der Waals surface area contributed by atoms with Crippen LogP contribution in [0.1, 0.15) is 24.2 Å². The number of rotatable bonds is 3. The number of benzene rings is 1. The number of hydrogen-bond donors (Lipinski definition) is 0.